The van der Waals surface area contributed by atoms with Crippen molar-refractivity contribution in [1.82, 2.24) is 4.90 Å². The van der Waals surface area contributed by atoms with Crippen LogP contribution in [0.2, 0.25) is 0 Å². The van der Waals surface area contributed by atoms with E-state index in [-0.39, 0.29) is 11.8 Å². The van der Waals surface area contributed by atoms with Crippen molar-refractivity contribution in [2.75, 3.05) is 51.8 Å². The van der Waals surface area contributed by atoms with Crippen molar-refractivity contribution in [3.63, 3.8) is 0 Å². The van der Waals surface area contributed by atoms with Gasteiger partial charge in [0.2, 0.25) is 0 Å². The number of carbonyl (C=O) groups excluding carboxylic acids is 2. The minimum atomic E-state index is -0.0241. The molecule has 3 rings (SSSR count). The third-order valence-corrected chi connectivity index (χ3v) is 5.55. The molecule has 1 fully saturated rings. The number of amides is 2. The van der Waals surface area contributed by atoms with Gasteiger partial charge in [-0.3, -0.25) is 9.59 Å². The predicted molar refractivity (Wildman–Crippen MR) is 120 cm³/mol. The zero-order valence-corrected chi connectivity index (χ0v) is 18.6. The van der Waals surface area contributed by atoms with Crippen molar-refractivity contribution in [3.8, 4) is 11.5 Å². The summed E-state index contributed by atoms with van der Waals surface area (Å²) < 4.78 is 10.9. The average Bonchev–Trinajstić information content (AvgIpc) is 2.79. The first-order valence-electron chi connectivity index (χ1n) is 10.9. The largest absolute Gasteiger partial charge is 0.493 e. The molecular formula is C24H32N3O4+. The Morgan fingerprint density at radius 1 is 1.06 bits per heavy atom. The van der Waals surface area contributed by atoms with Crippen molar-refractivity contribution >= 4 is 17.5 Å². The number of para-hydroxylation sites is 1. The van der Waals surface area contributed by atoms with Crippen LogP contribution >= 0.6 is 0 Å². The highest BCUT2D eigenvalue weighted by Crippen LogP contribution is 2.28. The Bertz CT molecular complexity index is 907. The van der Waals surface area contributed by atoms with Crippen LogP contribution in [0.15, 0.2) is 42.5 Å². The van der Waals surface area contributed by atoms with E-state index in [1.54, 1.807) is 25.3 Å². The minimum absolute atomic E-state index is 0.00665. The van der Waals surface area contributed by atoms with Crippen molar-refractivity contribution in [2.24, 2.45) is 0 Å². The smallest absolute Gasteiger partial charge is 0.279 e. The maximum Gasteiger partial charge on any atom is 0.279 e. The summed E-state index contributed by atoms with van der Waals surface area (Å²) in [6.45, 7) is 7.58. The quantitative estimate of drug-likeness (QED) is 0.673. The number of ether oxygens (including phenoxy) is 2. The summed E-state index contributed by atoms with van der Waals surface area (Å²) in [7, 11) is 1.58. The van der Waals surface area contributed by atoms with Crippen molar-refractivity contribution < 1.29 is 24.0 Å². The second kappa shape index (κ2) is 10.8. The molecule has 2 amide bonds. The first-order chi connectivity index (χ1) is 15.0. The fourth-order valence-corrected chi connectivity index (χ4v) is 3.84. The Kier molecular flexibility index (Phi) is 7.89. The monoisotopic (exact) mass is 426 g/mol. The molecular weight excluding hydrogens is 394 g/mol. The van der Waals surface area contributed by atoms with Crippen LogP contribution in [0.25, 0.3) is 0 Å². The zero-order valence-electron chi connectivity index (χ0n) is 18.6. The van der Waals surface area contributed by atoms with Crippen LogP contribution in [0.5, 0.6) is 11.5 Å². The van der Waals surface area contributed by atoms with Gasteiger partial charge < -0.3 is 24.6 Å². The first-order valence-corrected chi connectivity index (χ1v) is 10.9. The zero-order chi connectivity index (χ0) is 22.2. The summed E-state index contributed by atoms with van der Waals surface area (Å²) in [4.78, 5) is 28.5. The number of rotatable bonds is 8. The van der Waals surface area contributed by atoms with Gasteiger partial charge in [-0.15, -0.1) is 0 Å². The molecule has 0 bridgehead atoms. The molecule has 2 N–H and O–H groups in total. The molecule has 2 aromatic rings. The van der Waals surface area contributed by atoms with E-state index in [1.165, 1.54) is 4.90 Å². The van der Waals surface area contributed by atoms with E-state index in [0.29, 0.717) is 43.3 Å². The normalized spacial score (nSPS) is 14.2. The summed E-state index contributed by atoms with van der Waals surface area (Å²) in [5, 5.41) is 3.03. The van der Waals surface area contributed by atoms with Gasteiger partial charge in [0, 0.05) is 11.3 Å². The van der Waals surface area contributed by atoms with E-state index < -0.39 is 0 Å². The van der Waals surface area contributed by atoms with Crippen molar-refractivity contribution in [1.29, 1.82) is 0 Å². The van der Waals surface area contributed by atoms with Gasteiger partial charge in [-0.25, -0.2) is 0 Å². The average molecular weight is 427 g/mol. The Morgan fingerprint density at radius 3 is 2.48 bits per heavy atom. The van der Waals surface area contributed by atoms with Crippen molar-refractivity contribution in [3.05, 3.63) is 53.6 Å². The van der Waals surface area contributed by atoms with Gasteiger partial charge in [0.15, 0.2) is 18.0 Å². The second-order valence-electron chi connectivity index (χ2n) is 7.58. The molecule has 1 heterocycles. The maximum absolute atomic E-state index is 12.9. The highest BCUT2D eigenvalue weighted by atomic mass is 16.5. The number of nitrogens with one attached hydrogen (secondary N) is 2. The Hall–Kier alpha value is -3.06. The summed E-state index contributed by atoms with van der Waals surface area (Å²) in [6.07, 6.45) is 0.875. The lowest BCUT2D eigenvalue weighted by Crippen LogP contribution is -3.15. The number of benzene rings is 2. The maximum atomic E-state index is 12.9. The van der Waals surface area contributed by atoms with Crippen LogP contribution in [0.4, 0.5) is 5.69 Å². The highest BCUT2D eigenvalue weighted by Gasteiger charge is 2.26. The Labute approximate surface area is 183 Å². The van der Waals surface area contributed by atoms with Crippen LogP contribution in [0.3, 0.4) is 0 Å². The van der Waals surface area contributed by atoms with Gasteiger partial charge in [-0.1, -0.05) is 25.1 Å². The molecule has 1 aliphatic rings. The number of aryl methyl sites for hydroxylation is 1. The molecule has 0 radical (unpaired) electrons. The number of methoxy groups -OCH3 is 1. The van der Waals surface area contributed by atoms with E-state index in [4.69, 9.17) is 9.47 Å². The van der Waals surface area contributed by atoms with Crippen molar-refractivity contribution in [2.45, 2.75) is 20.3 Å². The number of nitrogens with zero attached hydrogens (tertiary/aromatic N) is 1. The van der Waals surface area contributed by atoms with E-state index in [1.807, 2.05) is 36.1 Å². The molecule has 0 aromatic heterocycles. The standard InChI is InChI=1S/C24H31N3O4/c1-4-18-8-6-7-9-20(18)25-23(28)17-26-12-14-27(15-13-26)24(29)19-10-11-21(30-3)22(16-19)31-5-2/h6-11,16H,4-5,12-15,17H2,1-3H3,(H,25,28)/p+1. The van der Waals surface area contributed by atoms with Crippen LogP contribution in [0.1, 0.15) is 29.8 Å². The molecule has 0 saturated carbocycles. The third kappa shape index (κ3) is 5.76. The number of hydrogen-bond donors (Lipinski definition) is 2. The van der Waals surface area contributed by atoms with Gasteiger partial charge in [0.1, 0.15) is 0 Å². The highest BCUT2D eigenvalue weighted by molar-refractivity contribution is 5.95. The Morgan fingerprint density at radius 2 is 1.81 bits per heavy atom. The number of hydrogen-bond acceptors (Lipinski definition) is 4. The topological polar surface area (TPSA) is 72.3 Å². The number of anilines is 1. The van der Waals surface area contributed by atoms with E-state index >= 15 is 0 Å². The third-order valence-electron chi connectivity index (χ3n) is 5.55. The molecule has 7 nitrogen and oxygen atoms in total. The lowest BCUT2D eigenvalue weighted by molar-refractivity contribution is -0.895. The molecule has 1 saturated heterocycles. The van der Waals surface area contributed by atoms with E-state index in [2.05, 4.69) is 12.2 Å². The van der Waals surface area contributed by atoms with Gasteiger partial charge in [-0.05, 0) is 43.2 Å². The molecule has 166 valence electrons. The van der Waals surface area contributed by atoms with Crippen LogP contribution in [0, 0.1) is 0 Å². The lowest BCUT2D eigenvalue weighted by Gasteiger charge is -2.32. The van der Waals surface area contributed by atoms with Gasteiger partial charge >= 0.3 is 0 Å². The fraction of sp³-hybridized carbons (Fsp3) is 0.417. The molecule has 31 heavy (non-hydrogen) atoms. The second-order valence-corrected chi connectivity index (χ2v) is 7.58. The Balaban J connectivity index is 1.54. The number of piperazine rings is 1. The summed E-state index contributed by atoms with van der Waals surface area (Å²) >= 11 is 0. The molecule has 1 aliphatic heterocycles. The molecule has 0 unspecified atom stereocenters. The van der Waals surface area contributed by atoms with Gasteiger partial charge in [0.05, 0.1) is 39.9 Å². The van der Waals surface area contributed by atoms with E-state index in [9.17, 15) is 9.59 Å². The number of quaternary nitrogens is 1. The molecule has 0 atom stereocenters. The van der Waals surface area contributed by atoms with Crippen LogP contribution in [-0.2, 0) is 11.2 Å². The van der Waals surface area contributed by atoms with Crippen LogP contribution in [-0.4, -0.2) is 63.2 Å². The van der Waals surface area contributed by atoms with Gasteiger partial charge in [0.25, 0.3) is 11.8 Å². The molecule has 7 heteroatoms. The molecule has 0 aliphatic carbocycles. The summed E-state index contributed by atoms with van der Waals surface area (Å²) in [5.41, 5.74) is 2.60. The lowest BCUT2D eigenvalue weighted by atomic mass is 10.1. The number of carbonyl (C=O) groups is 2. The summed E-state index contributed by atoms with van der Waals surface area (Å²) in [6, 6.07) is 13.2. The fourth-order valence-electron chi connectivity index (χ4n) is 3.84. The summed E-state index contributed by atoms with van der Waals surface area (Å²) in [5.74, 6) is 1.17. The molecule has 0 spiro atoms. The van der Waals surface area contributed by atoms with Crippen LogP contribution < -0.4 is 19.7 Å². The first kappa shape index (κ1) is 22.6. The SMILES string of the molecule is CCOc1cc(C(=O)N2CC[NH+](CC(=O)Nc3ccccc3CC)CC2)ccc1OC. The van der Waals surface area contributed by atoms with Gasteiger partial charge in [-0.2, -0.15) is 0 Å². The predicted octanol–water partition coefficient (Wildman–Crippen LogP) is 1.64. The minimum Gasteiger partial charge on any atom is -0.493 e. The van der Waals surface area contributed by atoms with E-state index in [0.717, 1.165) is 30.8 Å². The molecule has 2 aromatic carbocycles.